The van der Waals surface area contributed by atoms with Crippen LogP contribution in [0.4, 0.5) is 0 Å². The topological polar surface area (TPSA) is 20.2 Å². The van der Waals surface area contributed by atoms with Gasteiger partial charge in [-0.25, -0.2) is 0 Å². The molecule has 1 heteroatoms. The average Bonchev–Trinajstić information content (AvgIpc) is 2.79. The SMILES string of the molecule is C=C[C@@]1(O)CC[C@H]2[C@@H]3CC[C@H]4CC=CC[C@]4(C)[C@H]3CC[C@@]21C. The molecule has 1 nitrogen and oxygen atoms in total. The predicted octanol–water partition coefficient (Wildman–Crippen LogP) is 5.11. The lowest BCUT2D eigenvalue weighted by Crippen LogP contribution is -2.55. The van der Waals surface area contributed by atoms with Crippen LogP contribution < -0.4 is 0 Å². The molecule has 4 aliphatic rings. The summed E-state index contributed by atoms with van der Waals surface area (Å²) < 4.78 is 0. The molecule has 3 saturated carbocycles. The van der Waals surface area contributed by atoms with Gasteiger partial charge in [0, 0.05) is 5.41 Å². The van der Waals surface area contributed by atoms with Gasteiger partial charge in [0.05, 0.1) is 5.60 Å². The largest absolute Gasteiger partial charge is 0.385 e. The van der Waals surface area contributed by atoms with Crippen molar-refractivity contribution in [1.29, 1.82) is 0 Å². The van der Waals surface area contributed by atoms with Crippen LogP contribution in [0, 0.1) is 34.5 Å². The van der Waals surface area contributed by atoms with Gasteiger partial charge in [-0.15, -0.1) is 6.58 Å². The van der Waals surface area contributed by atoms with E-state index < -0.39 is 5.60 Å². The van der Waals surface area contributed by atoms with Crippen molar-refractivity contribution in [3.05, 3.63) is 24.8 Å². The first-order valence-electron chi connectivity index (χ1n) is 9.45. The Hall–Kier alpha value is -0.560. The minimum absolute atomic E-state index is 0.0730. The van der Waals surface area contributed by atoms with Gasteiger partial charge >= 0.3 is 0 Å². The zero-order valence-electron chi connectivity index (χ0n) is 14.4. The number of hydrogen-bond donors (Lipinski definition) is 1. The Morgan fingerprint density at radius 3 is 2.59 bits per heavy atom. The maximum Gasteiger partial charge on any atom is 0.0881 e. The molecule has 0 heterocycles. The minimum Gasteiger partial charge on any atom is -0.385 e. The van der Waals surface area contributed by atoms with Crippen LogP contribution in [0.25, 0.3) is 0 Å². The molecule has 7 atom stereocenters. The third-order valence-electron chi connectivity index (χ3n) is 8.76. The van der Waals surface area contributed by atoms with Crippen LogP contribution in [0.5, 0.6) is 0 Å². The number of hydrogen-bond acceptors (Lipinski definition) is 1. The van der Waals surface area contributed by atoms with E-state index in [1.54, 1.807) is 0 Å². The molecule has 122 valence electrons. The van der Waals surface area contributed by atoms with E-state index in [0.717, 1.165) is 24.2 Å². The number of aliphatic hydroxyl groups is 1. The highest BCUT2D eigenvalue weighted by atomic mass is 16.3. The second-order valence-electron chi connectivity index (χ2n) is 9.19. The van der Waals surface area contributed by atoms with E-state index >= 15 is 0 Å². The maximum absolute atomic E-state index is 11.1. The van der Waals surface area contributed by atoms with Crippen molar-refractivity contribution in [1.82, 2.24) is 0 Å². The summed E-state index contributed by atoms with van der Waals surface area (Å²) in [6.07, 6.45) is 16.8. The van der Waals surface area contributed by atoms with Crippen molar-refractivity contribution < 1.29 is 5.11 Å². The molecule has 0 aliphatic heterocycles. The number of fused-ring (bicyclic) bond motifs is 5. The highest BCUT2D eigenvalue weighted by Gasteiger charge is 2.63. The molecule has 0 saturated heterocycles. The molecule has 0 amide bonds. The third-order valence-corrected chi connectivity index (χ3v) is 8.76. The Morgan fingerprint density at radius 2 is 1.82 bits per heavy atom. The van der Waals surface area contributed by atoms with Crippen molar-refractivity contribution in [3.63, 3.8) is 0 Å². The van der Waals surface area contributed by atoms with Gasteiger partial charge in [-0.05, 0) is 80.5 Å². The number of allylic oxidation sites excluding steroid dienone is 2. The van der Waals surface area contributed by atoms with Gasteiger partial charge in [0.1, 0.15) is 0 Å². The lowest BCUT2D eigenvalue weighted by Gasteiger charge is -2.60. The Morgan fingerprint density at radius 1 is 1.05 bits per heavy atom. The highest BCUT2D eigenvalue weighted by molar-refractivity contribution is 5.19. The molecule has 0 aromatic heterocycles. The molecular weight excluding hydrogens is 268 g/mol. The van der Waals surface area contributed by atoms with Crippen molar-refractivity contribution in [2.24, 2.45) is 34.5 Å². The van der Waals surface area contributed by atoms with Gasteiger partial charge in [0.2, 0.25) is 0 Å². The van der Waals surface area contributed by atoms with Crippen LogP contribution in [0.2, 0.25) is 0 Å². The van der Waals surface area contributed by atoms with E-state index in [1.165, 1.54) is 44.9 Å². The van der Waals surface area contributed by atoms with Crippen LogP contribution in [0.15, 0.2) is 24.8 Å². The predicted molar refractivity (Wildman–Crippen MR) is 91.4 cm³/mol. The molecule has 0 spiro atoms. The van der Waals surface area contributed by atoms with Crippen LogP contribution in [0.3, 0.4) is 0 Å². The molecule has 22 heavy (non-hydrogen) atoms. The molecule has 0 unspecified atom stereocenters. The average molecular weight is 300 g/mol. The van der Waals surface area contributed by atoms with E-state index in [1.807, 2.05) is 6.08 Å². The lowest BCUT2D eigenvalue weighted by atomic mass is 9.45. The molecule has 3 fully saturated rings. The van der Waals surface area contributed by atoms with Crippen molar-refractivity contribution >= 4 is 0 Å². The highest BCUT2D eigenvalue weighted by Crippen LogP contribution is 2.67. The normalized spacial score (nSPS) is 56.9. The first-order valence-corrected chi connectivity index (χ1v) is 9.45. The summed E-state index contributed by atoms with van der Waals surface area (Å²) in [6.45, 7) is 8.91. The molecule has 1 N–H and O–H groups in total. The van der Waals surface area contributed by atoms with Gasteiger partial charge < -0.3 is 5.11 Å². The lowest BCUT2D eigenvalue weighted by molar-refractivity contribution is -0.128. The fourth-order valence-corrected chi connectivity index (χ4v) is 7.22. The van der Waals surface area contributed by atoms with Gasteiger partial charge in [0.15, 0.2) is 0 Å². The summed E-state index contributed by atoms with van der Waals surface area (Å²) in [4.78, 5) is 0. The second-order valence-corrected chi connectivity index (χ2v) is 9.19. The summed E-state index contributed by atoms with van der Waals surface area (Å²) in [5.74, 6) is 3.32. The summed E-state index contributed by atoms with van der Waals surface area (Å²) in [5, 5.41) is 11.1. The molecule has 0 radical (unpaired) electrons. The Balaban J connectivity index is 1.68. The smallest absolute Gasteiger partial charge is 0.0881 e. The van der Waals surface area contributed by atoms with Crippen LogP contribution >= 0.6 is 0 Å². The first-order chi connectivity index (χ1) is 10.4. The van der Waals surface area contributed by atoms with Crippen molar-refractivity contribution in [2.45, 2.75) is 70.8 Å². The van der Waals surface area contributed by atoms with Gasteiger partial charge in [-0.3, -0.25) is 0 Å². The summed E-state index contributed by atoms with van der Waals surface area (Å²) >= 11 is 0. The number of rotatable bonds is 1. The Kier molecular flexibility index (Phi) is 3.22. The zero-order valence-corrected chi connectivity index (χ0v) is 14.4. The standard InChI is InChI=1S/C21H32O/c1-4-21(22)14-11-18-16-9-8-15-7-5-6-12-19(15,2)17(16)10-13-20(18,21)3/h4-6,15-18,22H,1,7-14H2,2-3H3/t15-,16-,17+,18+,19+,20+,21-/m1/s1. The fraction of sp³-hybridized carbons (Fsp3) is 0.810. The second kappa shape index (κ2) is 4.72. The fourth-order valence-electron chi connectivity index (χ4n) is 7.22. The van der Waals surface area contributed by atoms with Gasteiger partial charge in [-0.1, -0.05) is 32.1 Å². The Bertz CT molecular complexity index is 506. The van der Waals surface area contributed by atoms with Gasteiger partial charge in [-0.2, -0.15) is 0 Å². The van der Waals surface area contributed by atoms with E-state index in [2.05, 4.69) is 32.6 Å². The van der Waals surface area contributed by atoms with Crippen molar-refractivity contribution in [2.75, 3.05) is 0 Å². The van der Waals surface area contributed by atoms with E-state index in [4.69, 9.17) is 0 Å². The quantitative estimate of drug-likeness (QED) is 0.667. The van der Waals surface area contributed by atoms with Crippen LogP contribution in [0.1, 0.15) is 65.2 Å². The summed E-state index contributed by atoms with van der Waals surface area (Å²) in [7, 11) is 0. The molecule has 4 aliphatic carbocycles. The van der Waals surface area contributed by atoms with E-state index in [0.29, 0.717) is 11.3 Å². The molecule has 0 aromatic rings. The van der Waals surface area contributed by atoms with E-state index in [9.17, 15) is 5.11 Å². The zero-order chi connectivity index (χ0) is 15.6. The molecule has 0 aromatic carbocycles. The molecular formula is C21H32O. The van der Waals surface area contributed by atoms with Crippen molar-refractivity contribution in [3.8, 4) is 0 Å². The van der Waals surface area contributed by atoms with Crippen LogP contribution in [-0.4, -0.2) is 10.7 Å². The minimum atomic E-state index is -0.618. The first kappa shape index (κ1) is 15.0. The summed E-state index contributed by atoms with van der Waals surface area (Å²) in [6, 6.07) is 0. The Labute approximate surface area is 135 Å². The molecule has 0 bridgehead atoms. The maximum atomic E-state index is 11.1. The molecule has 4 rings (SSSR count). The van der Waals surface area contributed by atoms with Gasteiger partial charge in [0.25, 0.3) is 0 Å². The third kappa shape index (κ3) is 1.70. The summed E-state index contributed by atoms with van der Waals surface area (Å²) in [5.41, 5.74) is -0.0235. The monoisotopic (exact) mass is 300 g/mol. The van der Waals surface area contributed by atoms with E-state index in [-0.39, 0.29) is 5.41 Å². The van der Waals surface area contributed by atoms with Crippen LogP contribution in [-0.2, 0) is 0 Å².